The molecule has 3 rings (SSSR count). The third-order valence-electron chi connectivity index (χ3n) is 4.10. The second kappa shape index (κ2) is 8.90. The van der Waals surface area contributed by atoms with Crippen LogP contribution in [-0.4, -0.2) is 12.9 Å². The minimum Gasteiger partial charge on any atom is -0.496 e. The number of ether oxygens (including phenoxy) is 3. The summed E-state index contributed by atoms with van der Waals surface area (Å²) in [6, 6.07) is 23.1. The molecule has 3 aromatic carbocycles. The summed E-state index contributed by atoms with van der Waals surface area (Å²) >= 11 is 0. The summed E-state index contributed by atoms with van der Waals surface area (Å²) in [7, 11) is 1.53. The van der Waals surface area contributed by atoms with Crippen molar-refractivity contribution in [3.63, 3.8) is 0 Å². The Morgan fingerprint density at radius 2 is 1.30 bits per heavy atom. The van der Waals surface area contributed by atoms with Gasteiger partial charge in [-0.05, 0) is 18.1 Å². The van der Waals surface area contributed by atoms with E-state index in [0.29, 0.717) is 36.0 Å². The molecule has 0 saturated heterocycles. The van der Waals surface area contributed by atoms with Gasteiger partial charge in [-0.1, -0.05) is 60.7 Å². The van der Waals surface area contributed by atoms with Crippen LogP contribution in [0.3, 0.4) is 0 Å². The molecule has 0 fully saturated rings. The normalized spacial score (nSPS) is 10.3. The molecule has 0 atom stereocenters. The maximum Gasteiger partial charge on any atom is 0.167 e. The Labute approximate surface area is 159 Å². The number of hydrogen-bond donors (Lipinski definition) is 0. The van der Waals surface area contributed by atoms with Crippen LogP contribution in [0.25, 0.3) is 0 Å². The Hall–Kier alpha value is -3.27. The lowest BCUT2D eigenvalue weighted by atomic mass is 10.1. The van der Waals surface area contributed by atoms with Crippen molar-refractivity contribution in [2.45, 2.75) is 20.1 Å². The van der Waals surface area contributed by atoms with Gasteiger partial charge < -0.3 is 14.2 Å². The van der Waals surface area contributed by atoms with E-state index in [1.165, 1.54) is 14.0 Å². The maximum absolute atomic E-state index is 12.1. The van der Waals surface area contributed by atoms with Gasteiger partial charge in [-0.2, -0.15) is 0 Å². The summed E-state index contributed by atoms with van der Waals surface area (Å²) < 4.78 is 17.2. The maximum atomic E-state index is 12.1. The van der Waals surface area contributed by atoms with Gasteiger partial charge in [0.15, 0.2) is 5.78 Å². The Morgan fingerprint density at radius 1 is 0.778 bits per heavy atom. The molecule has 0 heterocycles. The number of benzene rings is 3. The molecule has 4 heteroatoms. The molecular weight excluding hydrogens is 340 g/mol. The summed E-state index contributed by atoms with van der Waals surface area (Å²) in [5.41, 5.74) is 2.49. The first-order valence-corrected chi connectivity index (χ1v) is 8.74. The SMILES string of the molecule is COc1cc(OCc2ccccc2)cc(OCc2ccccc2)c1C(C)=O. The molecule has 138 valence electrons. The minimum atomic E-state index is -0.121. The molecule has 0 N–H and O–H groups in total. The predicted octanol–water partition coefficient (Wildman–Crippen LogP) is 5.06. The number of ketones is 1. The number of rotatable bonds is 8. The molecule has 0 spiro atoms. The van der Waals surface area contributed by atoms with E-state index < -0.39 is 0 Å². The zero-order valence-electron chi connectivity index (χ0n) is 15.5. The van der Waals surface area contributed by atoms with Crippen LogP contribution in [0.15, 0.2) is 72.8 Å². The van der Waals surface area contributed by atoms with Crippen LogP contribution >= 0.6 is 0 Å². The number of hydrogen-bond acceptors (Lipinski definition) is 4. The van der Waals surface area contributed by atoms with Crippen molar-refractivity contribution >= 4 is 5.78 Å². The molecule has 0 aromatic heterocycles. The largest absolute Gasteiger partial charge is 0.496 e. The van der Waals surface area contributed by atoms with Gasteiger partial charge in [-0.25, -0.2) is 0 Å². The monoisotopic (exact) mass is 362 g/mol. The molecule has 0 unspecified atom stereocenters. The highest BCUT2D eigenvalue weighted by atomic mass is 16.5. The summed E-state index contributed by atoms with van der Waals surface area (Å²) in [5, 5.41) is 0. The van der Waals surface area contributed by atoms with Crippen molar-refractivity contribution in [1.29, 1.82) is 0 Å². The van der Waals surface area contributed by atoms with Crippen molar-refractivity contribution < 1.29 is 19.0 Å². The molecule has 0 aliphatic heterocycles. The van der Waals surface area contributed by atoms with E-state index >= 15 is 0 Å². The third kappa shape index (κ3) is 4.88. The van der Waals surface area contributed by atoms with E-state index in [2.05, 4.69) is 0 Å². The van der Waals surface area contributed by atoms with Crippen molar-refractivity contribution in [2.75, 3.05) is 7.11 Å². The van der Waals surface area contributed by atoms with Crippen molar-refractivity contribution in [1.82, 2.24) is 0 Å². The summed E-state index contributed by atoms with van der Waals surface area (Å²) in [6.45, 7) is 2.27. The molecule has 0 aliphatic rings. The van der Waals surface area contributed by atoms with Gasteiger partial charge in [-0.3, -0.25) is 4.79 Å². The first-order valence-electron chi connectivity index (χ1n) is 8.74. The summed E-state index contributed by atoms with van der Waals surface area (Å²) in [5.74, 6) is 1.36. The van der Waals surface area contributed by atoms with E-state index in [1.807, 2.05) is 60.7 Å². The minimum absolute atomic E-state index is 0.121. The number of carbonyl (C=O) groups is 1. The highest BCUT2D eigenvalue weighted by molar-refractivity contribution is 6.00. The van der Waals surface area contributed by atoms with Crippen LogP contribution in [0, 0.1) is 0 Å². The Balaban J connectivity index is 1.85. The standard InChI is InChI=1S/C23H22O4/c1-17(24)23-21(25-2)13-20(26-15-18-9-5-3-6-10-18)14-22(23)27-16-19-11-7-4-8-12-19/h3-14H,15-16H2,1-2H3. The van der Waals surface area contributed by atoms with Crippen LogP contribution in [-0.2, 0) is 13.2 Å². The average Bonchev–Trinajstić information content (AvgIpc) is 2.71. The highest BCUT2D eigenvalue weighted by Gasteiger charge is 2.18. The van der Waals surface area contributed by atoms with Crippen molar-refractivity contribution in [3.05, 3.63) is 89.5 Å². The Bertz CT molecular complexity index is 889. The van der Waals surface area contributed by atoms with E-state index in [4.69, 9.17) is 14.2 Å². The quantitative estimate of drug-likeness (QED) is 0.526. The van der Waals surface area contributed by atoms with Gasteiger partial charge in [0, 0.05) is 12.1 Å². The Kier molecular flexibility index (Phi) is 6.10. The van der Waals surface area contributed by atoms with E-state index in [0.717, 1.165) is 11.1 Å². The van der Waals surface area contributed by atoms with Crippen LogP contribution in [0.5, 0.6) is 17.2 Å². The van der Waals surface area contributed by atoms with Gasteiger partial charge in [0.1, 0.15) is 36.0 Å². The predicted molar refractivity (Wildman–Crippen MR) is 105 cm³/mol. The second-order valence-electron chi connectivity index (χ2n) is 6.10. The molecule has 0 bridgehead atoms. The lowest BCUT2D eigenvalue weighted by molar-refractivity contribution is 0.101. The molecule has 0 aliphatic carbocycles. The molecule has 0 amide bonds. The van der Waals surface area contributed by atoms with Gasteiger partial charge >= 0.3 is 0 Å². The topological polar surface area (TPSA) is 44.8 Å². The molecule has 27 heavy (non-hydrogen) atoms. The molecule has 3 aromatic rings. The third-order valence-corrected chi connectivity index (χ3v) is 4.10. The molecule has 0 saturated carbocycles. The van der Waals surface area contributed by atoms with Gasteiger partial charge in [0.25, 0.3) is 0 Å². The van der Waals surface area contributed by atoms with Crippen molar-refractivity contribution in [3.8, 4) is 17.2 Å². The van der Waals surface area contributed by atoms with Gasteiger partial charge in [-0.15, -0.1) is 0 Å². The van der Waals surface area contributed by atoms with Crippen LogP contribution < -0.4 is 14.2 Å². The van der Waals surface area contributed by atoms with Crippen LogP contribution in [0.1, 0.15) is 28.4 Å². The Morgan fingerprint density at radius 3 is 1.81 bits per heavy atom. The second-order valence-corrected chi connectivity index (χ2v) is 6.10. The van der Waals surface area contributed by atoms with E-state index in [-0.39, 0.29) is 5.78 Å². The van der Waals surface area contributed by atoms with Crippen molar-refractivity contribution in [2.24, 2.45) is 0 Å². The molecule has 4 nitrogen and oxygen atoms in total. The number of carbonyl (C=O) groups excluding carboxylic acids is 1. The zero-order valence-corrected chi connectivity index (χ0v) is 15.5. The first kappa shape index (κ1) is 18.5. The number of methoxy groups -OCH3 is 1. The van der Waals surface area contributed by atoms with Crippen LogP contribution in [0.2, 0.25) is 0 Å². The lowest BCUT2D eigenvalue weighted by Gasteiger charge is -2.16. The fourth-order valence-corrected chi connectivity index (χ4v) is 2.75. The lowest BCUT2D eigenvalue weighted by Crippen LogP contribution is -2.05. The van der Waals surface area contributed by atoms with Crippen LogP contribution in [0.4, 0.5) is 0 Å². The average molecular weight is 362 g/mol. The van der Waals surface area contributed by atoms with Gasteiger partial charge in [0.05, 0.1) is 7.11 Å². The van der Waals surface area contributed by atoms with E-state index in [9.17, 15) is 4.79 Å². The smallest absolute Gasteiger partial charge is 0.167 e. The first-order chi connectivity index (χ1) is 13.2. The summed E-state index contributed by atoms with van der Waals surface area (Å²) in [6.07, 6.45) is 0. The zero-order chi connectivity index (χ0) is 19.1. The number of Topliss-reactive ketones (excluding diaryl/α,β-unsaturated/α-hetero) is 1. The molecular formula is C23H22O4. The fraction of sp³-hybridized carbons (Fsp3) is 0.174. The molecule has 0 radical (unpaired) electrons. The summed E-state index contributed by atoms with van der Waals surface area (Å²) in [4.78, 5) is 12.1. The van der Waals surface area contributed by atoms with E-state index in [1.54, 1.807) is 12.1 Å². The fourth-order valence-electron chi connectivity index (χ4n) is 2.75. The van der Waals surface area contributed by atoms with Gasteiger partial charge in [0.2, 0.25) is 0 Å². The highest BCUT2D eigenvalue weighted by Crippen LogP contribution is 2.35.